The van der Waals surface area contributed by atoms with Crippen LogP contribution >= 0.6 is 0 Å². The lowest BCUT2D eigenvalue weighted by Crippen LogP contribution is -2.42. The summed E-state index contributed by atoms with van der Waals surface area (Å²) in [5.74, 6) is 2.53. The highest BCUT2D eigenvalue weighted by molar-refractivity contribution is 5.82. The number of ether oxygens (including phenoxy) is 1. The topological polar surface area (TPSA) is 50.4 Å². The molecule has 0 saturated carbocycles. The van der Waals surface area contributed by atoms with E-state index in [2.05, 4.69) is 34.8 Å². The molecule has 1 aromatic carbocycles. The fourth-order valence-corrected chi connectivity index (χ4v) is 3.37. The van der Waals surface area contributed by atoms with Crippen molar-refractivity contribution in [2.45, 2.75) is 43.9 Å². The second-order valence-corrected chi connectivity index (χ2v) is 5.99. The van der Waals surface area contributed by atoms with E-state index in [1.165, 1.54) is 11.1 Å². The fraction of sp³-hybridized carbons (Fsp3) is 0.500. The summed E-state index contributed by atoms with van der Waals surface area (Å²) in [6.07, 6.45) is 9.14. The van der Waals surface area contributed by atoms with Gasteiger partial charge in [-0.1, -0.05) is 30.2 Å². The smallest absolute Gasteiger partial charge is 0.237 e. The zero-order valence-corrected chi connectivity index (χ0v) is 12.7. The van der Waals surface area contributed by atoms with E-state index in [1.807, 2.05) is 6.07 Å². The molecule has 1 fully saturated rings. The third-order valence-electron chi connectivity index (χ3n) is 4.50. The largest absolute Gasteiger partial charge is 0.364 e. The third kappa shape index (κ3) is 3.32. The summed E-state index contributed by atoms with van der Waals surface area (Å²) >= 11 is 0. The van der Waals surface area contributed by atoms with Crippen molar-refractivity contribution in [1.29, 1.82) is 0 Å². The normalized spacial score (nSPS) is 27.0. The maximum Gasteiger partial charge on any atom is 0.237 e. The predicted octanol–water partition coefficient (Wildman–Crippen LogP) is 1.56. The van der Waals surface area contributed by atoms with Gasteiger partial charge in [0.2, 0.25) is 5.91 Å². The number of amides is 1. The molecule has 2 N–H and O–H groups in total. The highest BCUT2D eigenvalue weighted by Gasteiger charge is 2.31. The Hall–Kier alpha value is -1.83. The number of benzene rings is 1. The Morgan fingerprint density at radius 3 is 3.18 bits per heavy atom. The van der Waals surface area contributed by atoms with Gasteiger partial charge in [-0.2, -0.15) is 0 Å². The van der Waals surface area contributed by atoms with Crippen molar-refractivity contribution in [3.63, 3.8) is 0 Å². The number of aryl methyl sites for hydroxylation is 1. The van der Waals surface area contributed by atoms with Crippen LogP contribution in [0.4, 0.5) is 0 Å². The molecule has 4 heteroatoms. The molecule has 4 nitrogen and oxygen atoms in total. The first kappa shape index (κ1) is 15.1. The van der Waals surface area contributed by atoms with Crippen LogP contribution in [0.3, 0.4) is 0 Å². The second-order valence-electron chi connectivity index (χ2n) is 5.99. The van der Waals surface area contributed by atoms with Crippen molar-refractivity contribution < 1.29 is 9.53 Å². The lowest BCUT2D eigenvalue weighted by atomic mass is 9.87. The maximum absolute atomic E-state index is 12.5. The summed E-state index contributed by atoms with van der Waals surface area (Å²) in [6.45, 7) is 0.984. The monoisotopic (exact) mass is 298 g/mol. The van der Waals surface area contributed by atoms with E-state index in [1.54, 1.807) is 0 Å². The molecule has 3 rings (SSSR count). The van der Waals surface area contributed by atoms with Crippen LogP contribution in [0.2, 0.25) is 0 Å². The Labute approximate surface area is 131 Å². The SMILES string of the molecule is C#CCO[C@@H]1CN[C@H](C(=O)N[C@@H]2CCCc3ccccc32)C1. The molecule has 22 heavy (non-hydrogen) atoms. The molecule has 1 heterocycles. The summed E-state index contributed by atoms with van der Waals surface area (Å²) in [7, 11) is 0. The van der Waals surface area contributed by atoms with Gasteiger partial charge in [-0.05, 0) is 36.8 Å². The van der Waals surface area contributed by atoms with E-state index in [0.29, 0.717) is 19.6 Å². The van der Waals surface area contributed by atoms with Crippen LogP contribution in [0.5, 0.6) is 0 Å². The van der Waals surface area contributed by atoms with Gasteiger partial charge in [-0.25, -0.2) is 0 Å². The van der Waals surface area contributed by atoms with Crippen molar-refractivity contribution in [1.82, 2.24) is 10.6 Å². The molecule has 1 amide bonds. The van der Waals surface area contributed by atoms with Crippen molar-refractivity contribution >= 4 is 5.91 Å². The molecular weight excluding hydrogens is 276 g/mol. The van der Waals surface area contributed by atoms with Gasteiger partial charge in [0.05, 0.1) is 18.2 Å². The van der Waals surface area contributed by atoms with Gasteiger partial charge in [0.15, 0.2) is 0 Å². The van der Waals surface area contributed by atoms with Gasteiger partial charge < -0.3 is 15.4 Å². The van der Waals surface area contributed by atoms with Crippen LogP contribution in [0, 0.1) is 12.3 Å². The third-order valence-corrected chi connectivity index (χ3v) is 4.50. The molecule has 0 bridgehead atoms. The van der Waals surface area contributed by atoms with Gasteiger partial charge in [0, 0.05) is 6.54 Å². The molecule has 116 valence electrons. The Balaban J connectivity index is 1.58. The number of terminal acetylenes is 1. The summed E-state index contributed by atoms with van der Waals surface area (Å²) in [6, 6.07) is 8.34. The van der Waals surface area contributed by atoms with Crippen molar-refractivity contribution in [3.05, 3.63) is 35.4 Å². The summed E-state index contributed by atoms with van der Waals surface area (Å²) < 4.78 is 5.50. The number of rotatable bonds is 4. The average Bonchev–Trinajstić information content (AvgIpc) is 3.02. The fourth-order valence-electron chi connectivity index (χ4n) is 3.37. The maximum atomic E-state index is 12.5. The number of carbonyl (C=O) groups is 1. The molecule has 1 aromatic rings. The number of carbonyl (C=O) groups excluding carboxylic acids is 1. The highest BCUT2D eigenvalue weighted by atomic mass is 16.5. The van der Waals surface area contributed by atoms with Crippen molar-refractivity contribution in [2.24, 2.45) is 0 Å². The number of nitrogens with one attached hydrogen (secondary N) is 2. The molecule has 0 radical (unpaired) electrons. The Kier molecular flexibility index (Phi) is 4.77. The van der Waals surface area contributed by atoms with Gasteiger partial charge >= 0.3 is 0 Å². The van der Waals surface area contributed by atoms with Crippen LogP contribution < -0.4 is 10.6 Å². The molecular formula is C18H22N2O2. The second kappa shape index (κ2) is 6.95. The highest BCUT2D eigenvalue weighted by Crippen LogP contribution is 2.29. The van der Waals surface area contributed by atoms with Crippen molar-refractivity contribution in [2.75, 3.05) is 13.2 Å². The van der Waals surface area contributed by atoms with E-state index in [0.717, 1.165) is 19.3 Å². The minimum Gasteiger partial charge on any atom is -0.364 e. The van der Waals surface area contributed by atoms with Crippen molar-refractivity contribution in [3.8, 4) is 12.3 Å². The quantitative estimate of drug-likeness (QED) is 0.830. The van der Waals surface area contributed by atoms with E-state index < -0.39 is 0 Å². The average molecular weight is 298 g/mol. The molecule has 0 aromatic heterocycles. The standard InChI is InChI=1S/C18H22N2O2/c1-2-10-22-14-11-17(19-12-14)18(21)20-16-9-5-7-13-6-3-4-8-15(13)16/h1,3-4,6,8,14,16-17,19H,5,7,9-12H2,(H,20,21)/t14-,16+,17-/m0/s1. The zero-order valence-electron chi connectivity index (χ0n) is 12.7. The van der Waals surface area contributed by atoms with E-state index in [4.69, 9.17) is 11.2 Å². The van der Waals surface area contributed by atoms with Crippen LogP contribution in [0.15, 0.2) is 24.3 Å². The minimum atomic E-state index is -0.183. The lowest BCUT2D eigenvalue weighted by molar-refractivity contribution is -0.123. The van der Waals surface area contributed by atoms with Gasteiger partial charge in [-0.3, -0.25) is 4.79 Å². The number of hydrogen-bond donors (Lipinski definition) is 2. The van der Waals surface area contributed by atoms with Gasteiger partial charge in [0.25, 0.3) is 0 Å². The van der Waals surface area contributed by atoms with E-state index in [9.17, 15) is 4.79 Å². The van der Waals surface area contributed by atoms with Crippen LogP contribution in [-0.2, 0) is 16.0 Å². The molecule has 3 atom stereocenters. The Bertz CT molecular complexity index is 579. The first-order valence-corrected chi connectivity index (χ1v) is 7.94. The van der Waals surface area contributed by atoms with Crippen LogP contribution in [0.1, 0.15) is 36.4 Å². The van der Waals surface area contributed by atoms with E-state index >= 15 is 0 Å². The zero-order chi connectivity index (χ0) is 15.4. The number of fused-ring (bicyclic) bond motifs is 1. The van der Waals surface area contributed by atoms with E-state index in [-0.39, 0.29) is 24.1 Å². The Morgan fingerprint density at radius 2 is 2.32 bits per heavy atom. The summed E-state index contributed by atoms with van der Waals surface area (Å²) in [5, 5.41) is 6.42. The van der Waals surface area contributed by atoms with Gasteiger partial charge in [-0.15, -0.1) is 6.42 Å². The molecule has 0 unspecified atom stereocenters. The first-order valence-electron chi connectivity index (χ1n) is 7.94. The lowest BCUT2D eigenvalue weighted by Gasteiger charge is -2.27. The first-order chi connectivity index (χ1) is 10.8. The van der Waals surface area contributed by atoms with Crippen LogP contribution in [-0.4, -0.2) is 31.2 Å². The summed E-state index contributed by atoms with van der Waals surface area (Å²) in [5.41, 5.74) is 2.62. The minimum absolute atomic E-state index is 0.0328. The molecule has 1 aliphatic heterocycles. The molecule has 1 saturated heterocycles. The van der Waals surface area contributed by atoms with Gasteiger partial charge in [0.1, 0.15) is 6.61 Å². The molecule has 1 aliphatic carbocycles. The Morgan fingerprint density at radius 1 is 1.45 bits per heavy atom. The number of hydrogen-bond acceptors (Lipinski definition) is 3. The van der Waals surface area contributed by atoms with Crippen LogP contribution in [0.25, 0.3) is 0 Å². The molecule has 2 aliphatic rings. The summed E-state index contributed by atoms with van der Waals surface area (Å²) in [4.78, 5) is 12.5. The predicted molar refractivity (Wildman–Crippen MR) is 85.2 cm³/mol. The molecule has 0 spiro atoms.